The Bertz CT molecular complexity index is 600. The number of para-hydroxylation sites is 1. The van der Waals surface area contributed by atoms with Gasteiger partial charge in [0.1, 0.15) is 0 Å². The molecule has 0 radical (unpaired) electrons. The molecule has 0 aliphatic heterocycles. The maximum Gasteiger partial charge on any atom is 0.187 e. The molecule has 0 fully saturated rings. The SMILES string of the molecule is CC(=CC(=O)c1ccccc1)Nc1ccccc1C. The third kappa shape index (κ3) is 3.55. The van der Waals surface area contributed by atoms with Crippen molar-refractivity contribution in [1.29, 1.82) is 0 Å². The molecule has 0 unspecified atom stereocenters. The molecule has 19 heavy (non-hydrogen) atoms. The highest BCUT2D eigenvalue weighted by Crippen LogP contribution is 2.15. The van der Waals surface area contributed by atoms with E-state index in [4.69, 9.17) is 0 Å². The summed E-state index contributed by atoms with van der Waals surface area (Å²) in [5.41, 5.74) is 3.72. The summed E-state index contributed by atoms with van der Waals surface area (Å²) in [5.74, 6) is 0.0131. The zero-order valence-corrected chi connectivity index (χ0v) is 11.2. The van der Waals surface area contributed by atoms with E-state index < -0.39 is 0 Å². The number of hydrogen-bond donors (Lipinski definition) is 1. The van der Waals surface area contributed by atoms with Crippen molar-refractivity contribution in [3.8, 4) is 0 Å². The number of hydrogen-bond acceptors (Lipinski definition) is 2. The first-order chi connectivity index (χ1) is 9.16. The van der Waals surface area contributed by atoms with Gasteiger partial charge >= 0.3 is 0 Å². The second-order valence-electron chi connectivity index (χ2n) is 4.50. The number of nitrogens with one attached hydrogen (secondary N) is 1. The van der Waals surface area contributed by atoms with Crippen LogP contribution in [-0.4, -0.2) is 5.78 Å². The Morgan fingerprint density at radius 2 is 1.63 bits per heavy atom. The lowest BCUT2D eigenvalue weighted by Gasteiger charge is -2.09. The number of rotatable bonds is 4. The van der Waals surface area contributed by atoms with Crippen molar-refractivity contribution in [2.45, 2.75) is 13.8 Å². The average molecular weight is 251 g/mol. The molecule has 0 saturated carbocycles. The number of aryl methyl sites for hydroxylation is 1. The van der Waals surface area contributed by atoms with Crippen LogP contribution < -0.4 is 5.32 Å². The van der Waals surface area contributed by atoms with E-state index in [1.807, 2.05) is 68.4 Å². The predicted octanol–water partition coefficient (Wildman–Crippen LogP) is 4.19. The Morgan fingerprint density at radius 1 is 1.00 bits per heavy atom. The standard InChI is InChI=1S/C17H17NO/c1-13-8-6-7-11-16(13)18-14(2)12-17(19)15-9-4-3-5-10-15/h3-12,18H,1-2H3. The number of benzene rings is 2. The Hall–Kier alpha value is -2.35. The fraction of sp³-hybridized carbons (Fsp3) is 0.118. The Kier molecular flexibility index (Phi) is 4.14. The zero-order chi connectivity index (χ0) is 13.7. The van der Waals surface area contributed by atoms with E-state index in [-0.39, 0.29) is 5.78 Å². The summed E-state index contributed by atoms with van der Waals surface area (Å²) in [6, 6.07) is 17.3. The lowest BCUT2D eigenvalue weighted by molar-refractivity contribution is 0.104. The highest BCUT2D eigenvalue weighted by atomic mass is 16.1. The molecule has 0 aromatic heterocycles. The van der Waals surface area contributed by atoms with Crippen molar-refractivity contribution in [3.05, 3.63) is 77.5 Å². The van der Waals surface area contributed by atoms with Crippen molar-refractivity contribution in [3.63, 3.8) is 0 Å². The molecule has 96 valence electrons. The third-order valence-corrected chi connectivity index (χ3v) is 2.88. The van der Waals surface area contributed by atoms with Gasteiger partial charge in [-0.3, -0.25) is 4.79 Å². The van der Waals surface area contributed by atoms with E-state index in [0.29, 0.717) is 5.56 Å². The number of carbonyl (C=O) groups excluding carboxylic acids is 1. The van der Waals surface area contributed by atoms with Crippen molar-refractivity contribution in [1.82, 2.24) is 0 Å². The molecule has 0 heterocycles. The van der Waals surface area contributed by atoms with Crippen LogP contribution in [0.15, 0.2) is 66.4 Å². The first-order valence-electron chi connectivity index (χ1n) is 6.27. The van der Waals surface area contributed by atoms with E-state index in [2.05, 4.69) is 5.32 Å². The molecule has 2 aromatic rings. The molecule has 0 aliphatic carbocycles. The van der Waals surface area contributed by atoms with Gasteiger partial charge < -0.3 is 5.32 Å². The number of carbonyl (C=O) groups is 1. The molecule has 2 aromatic carbocycles. The number of ketones is 1. The van der Waals surface area contributed by atoms with E-state index in [9.17, 15) is 4.79 Å². The van der Waals surface area contributed by atoms with Gasteiger partial charge in [0.25, 0.3) is 0 Å². The monoisotopic (exact) mass is 251 g/mol. The van der Waals surface area contributed by atoms with Gasteiger partial charge in [0, 0.05) is 23.0 Å². The Labute approximate surface area is 113 Å². The normalized spacial score (nSPS) is 11.2. The van der Waals surface area contributed by atoms with Crippen molar-refractivity contribution >= 4 is 11.5 Å². The van der Waals surface area contributed by atoms with Crippen LogP contribution in [-0.2, 0) is 0 Å². The molecule has 0 bridgehead atoms. The maximum absolute atomic E-state index is 12.0. The summed E-state index contributed by atoms with van der Waals surface area (Å²) in [4.78, 5) is 12.0. The van der Waals surface area contributed by atoms with Crippen LogP contribution >= 0.6 is 0 Å². The molecule has 0 spiro atoms. The summed E-state index contributed by atoms with van der Waals surface area (Å²) in [5, 5.41) is 3.25. The van der Waals surface area contributed by atoms with Crippen LogP contribution in [0, 0.1) is 6.92 Å². The quantitative estimate of drug-likeness (QED) is 0.652. The minimum absolute atomic E-state index is 0.0131. The molecule has 0 saturated heterocycles. The summed E-state index contributed by atoms with van der Waals surface area (Å²) >= 11 is 0. The van der Waals surface area contributed by atoms with Crippen molar-refractivity contribution in [2.75, 3.05) is 5.32 Å². The van der Waals surface area contributed by atoms with Crippen molar-refractivity contribution < 1.29 is 4.79 Å². The highest BCUT2D eigenvalue weighted by molar-refractivity contribution is 6.05. The van der Waals surface area contributed by atoms with Crippen molar-refractivity contribution in [2.24, 2.45) is 0 Å². The highest BCUT2D eigenvalue weighted by Gasteiger charge is 2.03. The fourth-order valence-corrected chi connectivity index (χ4v) is 1.84. The first kappa shape index (κ1) is 13.1. The van der Waals surface area contributed by atoms with Crippen LogP contribution in [0.1, 0.15) is 22.8 Å². The minimum Gasteiger partial charge on any atom is -0.359 e. The van der Waals surface area contributed by atoms with Gasteiger partial charge in [-0.05, 0) is 25.5 Å². The van der Waals surface area contributed by atoms with Crippen LogP contribution in [0.4, 0.5) is 5.69 Å². The van der Waals surface area contributed by atoms with Gasteiger partial charge in [-0.15, -0.1) is 0 Å². The summed E-state index contributed by atoms with van der Waals surface area (Å²) in [6.45, 7) is 3.93. The van der Waals surface area contributed by atoms with Crippen LogP contribution in [0.2, 0.25) is 0 Å². The number of anilines is 1. The lowest BCUT2D eigenvalue weighted by Crippen LogP contribution is -2.02. The molecule has 0 aliphatic rings. The smallest absolute Gasteiger partial charge is 0.187 e. The molecule has 2 heteroatoms. The van der Waals surface area contributed by atoms with Crippen LogP contribution in [0.25, 0.3) is 0 Å². The van der Waals surface area contributed by atoms with Crippen LogP contribution in [0.3, 0.4) is 0 Å². The second-order valence-corrected chi connectivity index (χ2v) is 4.50. The fourth-order valence-electron chi connectivity index (χ4n) is 1.84. The third-order valence-electron chi connectivity index (χ3n) is 2.88. The molecular weight excluding hydrogens is 234 g/mol. The van der Waals surface area contributed by atoms with Gasteiger partial charge in [-0.2, -0.15) is 0 Å². The van der Waals surface area contributed by atoms with Gasteiger partial charge in [0.05, 0.1) is 0 Å². The van der Waals surface area contributed by atoms with Gasteiger partial charge in [-0.1, -0.05) is 48.5 Å². The first-order valence-corrected chi connectivity index (χ1v) is 6.27. The Morgan fingerprint density at radius 3 is 2.32 bits per heavy atom. The Balaban J connectivity index is 2.12. The van der Waals surface area contributed by atoms with E-state index in [1.54, 1.807) is 6.08 Å². The lowest BCUT2D eigenvalue weighted by atomic mass is 10.1. The zero-order valence-electron chi connectivity index (χ0n) is 11.2. The molecule has 2 nitrogen and oxygen atoms in total. The predicted molar refractivity (Wildman–Crippen MR) is 79.3 cm³/mol. The van der Waals surface area contributed by atoms with Crippen LogP contribution in [0.5, 0.6) is 0 Å². The van der Waals surface area contributed by atoms with E-state index in [1.165, 1.54) is 0 Å². The van der Waals surface area contributed by atoms with Gasteiger partial charge in [-0.25, -0.2) is 0 Å². The largest absolute Gasteiger partial charge is 0.359 e. The van der Waals surface area contributed by atoms with Gasteiger partial charge in [0.15, 0.2) is 5.78 Å². The number of allylic oxidation sites excluding steroid dienone is 2. The summed E-state index contributed by atoms with van der Waals surface area (Å²) < 4.78 is 0. The molecule has 1 N–H and O–H groups in total. The average Bonchev–Trinajstić information content (AvgIpc) is 2.42. The van der Waals surface area contributed by atoms with E-state index >= 15 is 0 Å². The molecular formula is C17H17NO. The maximum atomic E-state index is 12.0. The minimum atomic E-state index is 0.0131. The van der Waals surface area contributed by atoms with Gasteiger partial charge in [0.2, 0.25) is 0 Å². The summed E-state index contributed by atoms with van der Waals surface area (Å²) in [7, 11) is 0. The summed E-state index contributed by atoms with van der Waals surface area (Å²) in [6.07, 6.45) is 1.63. The molecule has 0 atom stereocenters. The molecule has 2 rings (SSSR count). The second kappa shape index (κ2) is 6.01. The topological polar surface area (TPSA) is 29.1 Å². The van der Waals surface area contributed by atoms with E-state index in [0.717, 1.165) is 16.9 Å². The molecule has 0 amide bonds.